The van der Waals surface area contributed by atoms with Crippen LogP contribution in [-0.2, 0) is 15.5 Å². The molecule has 0 aliphatic heterocycles. The van der Waals surface area contributed by atoms with Gasteiger partial charge in [0, 0.05) is 42.1 Å². The molecule has 3 nitrogen and oxygen atoms in total. The fourth-order valence-corrected chi connectivity index (χ4v) is 2.49. The largest absolute Gasteiger partial charge is 0.385 e. The van der Waals surface area contributed by atoms with Crippen molar-refractivity contribution in [1.29, 1.82) is 0 Å². The SMILES string of the molecule is CNC(C)CCCCS(=O)CCCOC. The highest BCUT2D eigenvalue weighted by atomic mass is 32.2. The lowest BCUT2D eigenvalue weighted by atomic mass is 10.1. The number of nitrogens with one attached hydrogen (secondary N) is 1. The van der Waals surface area contributed by atoms with Crippen molar-refractivity contribution in [3.8, 4) is 0 Å². The summed E-state index contributed by atoms with van der Waals surface area (Å²) in [6.45, 7) is 2.90. The Morgan fingerprint density at radius 1 is 1.27 bits per heavy atom. The maximum atomic E-state index is 11.5. The van der Waals surface area contributed by atoms with E-state index in [4.69, 9.17) is 4.74 Å². The number of ether oxygens (including phenoxy) is 1. The Bertz CT molecular complexity index is 165. The van der Waals surface area contributed by atoms with Gasteiger partial charge in [-0.3, -0.25) is 4.21 Å². The molecule has 1 N–H and O–H groups in total. The predicted octanol–water partition coefficient (Wildman–Crippen LogP) is 1.55. The molecule has 0 saturated carbocycles. The number of hydrogen-bond donors (Lipinski definition) is 1. The van der Waals surface area contributed by atoms with E-state index < -0.39 is 10.8 Å². The van der Waals surface area contributed by atoms with E-state index in [0.717, 1.165) is 37.4 Å². The third kappa shape index (κ3) is 10.4. The second kappa shape index (κ2) is 10.6. The Morgan fingerprint density at radius 2 is 1.93 bits per heavy atom. The standard InChI is InChI=1S/C11H25NO2S/c1-11(12-2)7-4-5-9-15(13)10-6-8-14-3/h11-12H,4-10H2,1-3H3. The molecule has 2 unspecified atom stereocenters. The first kappa shape index (κ1) is 15.1. The van der Waals surface area contributed by atoms with E-state index in [9.17, 15) is 4.21 Å². The summed E-state index contributed by atoms with van der Waals surface area (Å²) in [7, 11) is 3.02. The smallest absolute Gasteiger partial charge is 0.0471 e. The first-order valence-electron chi connectivity index (χ1n) is 5.72. The highest BCUT2D eigenvalue weighted by Crippen LogP contribution is 2.02. The molecule has 0 aliphatic rings. The van der Waals surface area contributed by atoms with Crippen molar-refractivity contribution in [3.63, 3.8) is 0 Å². The molecular formula is C11H25NO2S. The van der Waals surface area contributed by atoms with Crippen LogP contribution in [0.25, 0.3) is 0 Å². The maximum Gasteiger partial charge on any atom is 0.0471 e. The quantitative estimate of drug-likeness (QED) is 0.584. The fourth-order valence-electron chi connectivity index (χ4n) is 1.32. The summed E-state index contributed by atoms with van der Waals surface area (Å²) in [6, 6.07) is 0.576. The molecule has 4 heteroatoms. The lowest BCUT2D eigenvalue weighted by Crippen LogP contribution is -2.20. The van der Waals surface area contributed by atoms with Gasteiger partial charge in [0.15, 0.2) is 0 Å². The second-order valence-corrected chi connectivity index (χ2v) is 5.58. The van der Waals surface area contributed by atoms with Crippen LogP contribution in [0.3, 0.4) is 0 Å². The summed E-state index contributed by atoms with van der Waals surface area (Å²) in [5, 5.41) is 3.20. The van der Waals surface area contributed by atoms with Crippen LogP contribution in [0.5, 0.6) is 0 Å². The van der Waals surface area contributed by atoms with E-state index in [-0.39, 0.29) is 0 Å². The minimum absolute atomic E-state index is 0.576. The van der Waals surface area contributed by atoms with E-state index in [0.29, 0.717) is 6.04 Å². The molecule has 0 bridgehead atoms. The Balaban J connectivity index is 3.23. The molecule has 0 heterocycles. The van der Waals surface area contributed by atoms with Crippen molar-refractivity contribution in [2.45, 2.75) is 38.6 Å². The zero-order valence-electron chi connectivity index (χ0n) is 10.3. The first-order chi connectivity index (χ1) is 7.20. The average Bonchev–Trinajstić information content (AvgIpc) is 2.24. The van der Waals surface area contributed by atoms with Crippen LogP contribution in [0, 0.1) is 0 Å². The second-order valence-electron chi connectivity index (χ2n) is 3.88. The van der Waals surface area contributed by atoms with E-state index in [1.165, 1.54) is 6.42 Å². The van der Waals surface area contributed by atoms with Gasteiger partial charge in [0.2, 0.25) is 0 Å². The van der Waals surface area contributed by atoms with E-state index >= 15 is 0 Å². The van der Waals surface area contributed by atoms with E-state index in [1.807, 2.05) is 7.05 Å². The van der Waals surface area contributed by atoms with E-state index in [2.05, 4.69) is 12.2 Å². The zero-order chi connectivity index (χ0) is 11.5. The molecule has 0 aromatic carbocycles. The summed E-state index contributed by atoms with van der Waals surface area (Å²) in [5.74, 6) is 1.63. The van der Waals surface area contributed by atoms with Gasteiger partial charge in [0.25, 0.3) is 0 Å². The van der Waals surface area contributed by atoms with Gasteiger partial charge >= 0.3 is 0 Å². The minimum Gasteiger partial charge on any atom is -0.385 e. The Kier molecular flexibility index (Phi) is 10.6. The van der Waals surface area contributed by atoms with Crippen LogP contribution in [0.2, 0.25) is 0 Å². The molecule has 0 amide bonds. The van der Waals surface area contributed by atoms with Crippen LogP contribution in [-0.4, -0.2) is 42.5 Å². The van der Waals surface area contributed by atoms with Crippen molar-refractivity contribution in [2.75, 3.05) is 32.3 Å². The van der Waals surface area contributed by atoms with E-state index in [1.54, 1.807) is 7.11 Å². The van der Waals surface area contributed by atoms with Gasteiger partial charge in [-0.05, 0) is 33.2 Å². The van der Waals surface area contributed by atoms with Gasteiger partial charge in [0.05, 0.1) is 0 Å². The number of rotatable bonds is 10. The normalized spacial score (nSPS) is 15.1. The lowest BCUT2D eigenvalue weighted by molar-refractivity contribution is 0.200. The first-order valence-corrected chi connectivity index (χ1v) is 7.20. The van der Waals surface area contributed by atoms with Gasteiger partial charge in [0.1, 0.15) is 0 Å². The molecule has 0 aliphatic carbocycles. The zero-order valence-corrected chi connectivity index (χ0v) is 11.1. The Morgan fingerprint density at radius 3 is 2.53 bits per heavy atom. The number of methoxy groups -OCH3 is 1. The average molecular weight is 235 g/mol. The highest BCUT2D eigenvalue weighted by molar-refractivity contribution is 7.84. The van der Waals surface area contributed by atoms with Gasteiger partial charge in [-0.1, -0.05) is 6.42 Å². The van der Waals surface area contributed by atoms with Crippen LogP contribution in [0.1, 0.15) is 32.6 Å². The summed E-state index contributed by atoms with van der Waals surface area (Å²) >= 11 is 0. The van der Waals surface area contributed by atoms with Gasteiger partial charge in [-0.2, -0.15) is 0 Å². The number of hydrogen-bond acceptors (Lipinski definition) is 3. The molecule has 0 spiro atoms. The van der Waals surface area contributed by atoms with Gasteiger partial charge in [-0.25, -0.2) is 0 Å². The molecular weight excluding hydrogens is 210 g/mol. The molecule has 0 aromatic rings. The van der Waals surface area contributed by atoms with Gasteiger partial charge < -0.3 is 10.1 Å². The van der Waals surface area contributed by atoms with Crippen molar-refractivity contribution in [2.24, 2.45) is 0 Å². The van der Waals surface area contributed by atoms with Crippen molar-refractivity contribution < 1.29 is 8.95 Å². The predicted molar refractivity (Wildman–Crippen MR) is 66.7 cm³/mol. The van der Waals surface area contributed by atoms with Crippen molar-refractivity contribution >= 4 is 10.8 Å². The molecule has 0 saturated heterocycles. The third-order valence-corrected chi connectivity index (χ3v) is 3.96. The summed E-state index contributed by atoms with van der Waals surface area (Å²) < 4.78 is 16.4. The lowest BCUT2D eigenvalue weighted by Gasteiger charge is -2.08. The molecule has 0 rings (SSSR count). The monoisotopic (exact) mass is 235 g/mol. The topological polar surface area (TPSA) is 38.3 Å². The van der Waals surface area contributed by atoms with Crippen LogP contribution in [0.4, 0.5) is 0 Å². The van der Waals surface area contributed by atoms with Crippen LogP contribution < -0.4 is 5.32 Å². The number of unbranched alkanes of at least 4 members (excludes halogenated alkanes) is 1. The molecule has 15 heavy (non-hydrogen) atoms. The molecule has 0 radical (unpaired) electrons. The molecule has 0 fully saturated rings. The molecule has 0 aromatic heterocycles. The van der Waals surface area contributed by atoms with Crippen LogP contribution >= 0.6 is 0 Å². The fraction of sp³-hybridized carbons (Fsp3) is 1.00. The molecule has 2 atom stereocenters. The minimum atomic E-state index is -0.639. The Labute approximate surface area is 96.4 Å². The summed E-state index contributed by atoms with van der Waals surface area (Å²) in [5.41, 5.74) is 0. The van der Waals surface area contributed by atoms with Crippen molar-refractivity contribution in [3.05, 3.63) is 0 Å². The highest BCUT2D eigenvalue weighted by Gasteiger charge is 2.01. The third-order valence-electron chi connectivity index (χ3n) is 2.47. The summed E-state index contributed by atoms with van der Waals surface area (Å²) in [4.78, 5) is 0. The van der Waals surface area contributed by atoms with Crippen molar-refractivity contribution in [1.82, 2.24) is 5.32 Å². The van der Waals surface area contributed by atoms with Crippen LogP contribution in [0.15, 0.2) is 0 Å². The maximum absolute atomic E-state index is 11.5. The molecule has 92 valence electrons. The van der Waals surface area contributed by atoms with Gasteiger partial charge in [-0.15, -0.1) is 0 Å². The Hall–Kier alpha value is 0.0700. The summed E-state index contributed by atoms with van der Waals surface area (Å²) in [6.07, 6.45) is 4.32.